The molecule has 0 aromatic heterocycles. The summed E-state index contributed by atoms with van der Waals surface area (Å²) >= 11 is 0. The number of hydrogen-bond acceptors (Lipinski definition) is 4. The van der Waals surface area contributed by atoms with Gasteiger partial charge in [-0.05, 0) is 35.4 Å². The van der Waals surface area contributed by atoms with Crippen molar-refractivity contribution in [3.63, 3.8) is 0 Å². The molecule has 0 aliphatic carbocycles. The monoisotopic (exact) mass is 444 g/mol. The summed E-state index contributed by atoms with van der Waals surface area (Å²) in [6.07, 6.45) is 1.15. The van der Waals surface area contributed by atoms with Crippen molar-refractivity contribution >= 4 is 11.4 Å². The third-order valence-corrected chi connectivity index (χ3v) is 6.33. The fourth-order valence-corrected chi connectivity index (χ4v) is 4.59. The number of para-hydroxylation sites is 2. The lowest BCUT2D eigenvalue weighted by molar-refractivity contribution is 0.205. The topological polar surface area (TPSA) is 43.2 Å². The largest absolute Gasteiger partial charge is 0.485 e. The van der Waals surface area contributed by atoms with E-state index < -0.39 is 0 Å². The first kappa shape index (κ1) is 20.4. The summed E-state index contributed by atoms with van der Waals surface area (Å²) in [6, 6.07) is 36.7. The van der Waals surface area contributed by atoms with Gasteiger partial charge in [-0.15, -0.1) is 0 Å². The predicted octanol–water partition coefficient (Wildman–Crippen LogP) is 6.93. The average molecular weight is 445 g/mol. The zero-order valence-corrected chi connectivity index (χ0v) is 18.7. The number of rotatable bonds is 3. The Kier molecular flexibility index (Phi) is 5.40. The molecule has 2 aliphatic heterocycles. The van der Waals surface area contributed by atoms with Crippen LogP contribution in [0, 0.1) is 0 Å². The van der Waals surface area contributed by atoms with Crippen LogP contribution in [-0.4, -0.2) is 11.4 Å². The second kappa shape index (κ2) is 8.99. The van der Waals surface area contributed by atoms with Crippen LogP contribution in [0.15, 0.2) is 119 Å². The summed E-state index contributed by atoms with van der Waals surface area (Å²) in [7, 11) is 0. The first-order valence-electron chi connectivity index (χ1n) is 11.6. The molecule has 0 amide bonds. The van der Waals surface area contributed by atoms with Crippen molar-refractivity contribution in [2.75, 3.05) is 0 Å². The number of nitrogens with zero attached hydrogens (tertiary/aromatic N) is 2. The number of hydrogen-bond donors (Lipinski definition) is 0. The maximum absolute atomic E-state index is 6.32. The van der Waals surface area contributed by atoms with Gasteiger partial charge in [0.1, 0.15) is 23.7 Å². The van der Waals surface area contributed by atoms with Gasteiger partial charge in [0.15, 0.2) is 0 Å². The van der Waals surface area contributed by atoms with Crippen LogP contribution in [-0.2, 0) is 0 Å². The molecule has 166 valence electrons. The van der Waals surface area contributed by atoms with Gasteiger partial charge >= 0.3 is 0 Å². The van der Waals surface area contributed by atoms with E-state index in [1.165, 1.54) is 0 Å². The predicted molar refractivity (Wildman–Crippen MR) is 135 cm³/mol. The Morgan fingerprint density at radius 1 is 0.471 bits per heavy atom. The van der Waals surface area contributed by atoms with Gasteiger partial charge in [0.05, 0.1) is 11.4 Å². The van der Waals surface area contributed by atoms with Crippen LogP contribution < -0.4 is 9.47 Å². The molecule has 0 saturated carbocycles. The van der Waals surface area contributed by atoms with Crippen LogP contribution in [0.5, 0.6) is 11.5 Å². The highest BCUT2D eigenvalue weighted by Crippen LogP contribution is 2.37. The van der Waals surface area contributed by atoms with Crippen molar-refractivity contribution in [3.05, 3.63) is 131 Å². The van der Waals surface area contributed by atoms with E-state index in [0.29, 0.717) is 12.8 Å². The van der Waals surface area contributed by atoms with Crippen LogP contribution in [0.1, 0.15) is 47.3 Å². The van der Waals surface area contributed by atoms with Crippen molar-refractivity contribution in [1.82, 2.24) is 0 Å². The van der Waals surface area contributed by atoms with E-state index in [4.69, 9.17) is 19.7 Å². The van der Waals surface area contributed by atoms with E-state index in [-0.39, 0.29) is 12.2 Å². The van der Waals surface area contributed by atoms with Gasteiger partial charge in [-0.25, -0.2) is 0 Å². The fraction of sp³-hybridized carbons (Fsp3) is 0.133. The van der Waals surface area contributed by atoms with Crippen molar-refractivity contribution in [1.29, 1.82) is 0 Å². The summed E-state index contributed by atoms with van der Waals surface area (Å²) in [5.74, 6) is 1.69. The highest BCUT2D eigenvalue weighted by molar-refractivity contribution is 6.07. The molecule has 0 fully saturated rings. The SMILES string of the molecule is c1ccc([C@@H]2C/C(=N/N=C3/C[C@H](c4ccccc4)Oc4ccccc43)c3ccccc3O2)cc1. The standard InChI is InChI=1S/C30H24N2O2/c1-3-11-21(12-4-1)29-19-25(23-15-7-9-17-27(23)33-29)31-32-26-20-30(22-13-5-2-6-14-22)34-28-18-10-8-16-24(26)28/h1-18,29-30H,19-20H2/b31-25-,32-26-/t29-,30+. The van der Waals surface area contributed by atoms with Gasteiger partial charge in [-0.2, -0.15) is 10.2 Å². The third-order valence-electron chi connectivity index (χ3n) is 6.33. The van der Waals surface area contributed by atoms with Gasteiger partial charge in [0, 0.05) is 24.0 Å². The quantitative estimate of drug-likeness (QED) is 0.322. The summed E-state index contributed by atoms with van der Waals surface area (Å²) in [4.78, 5) is 0. The smallest absolute Gasteiger partial charge is 0.129 e. The van der Waals surface area contributed by atoms with E-state index in [2.05, 4.69) is 36.4 Å². The third kappa shape index (κ3) is 3.99. The minimum Gasteiger partial charge on any atom is -0.485 e. The molecule has 4 nitrogen and oxygen atoms in total. The Morgan fingerprint density at radius 3 is 1.29 bits per heavy atom. The Labute approximate surface area is 199 Å². The minimum absolute atomic E-state index is 0.0888. The van der Waals surface area contributed by atoms with Gasteiger partial charge in [-0.1, -0.05) is 84.9 Å². The minimum atomic E-state index is -0.0888. The first-order chi connectivity index (χ1) is 16.8. The molecule has 34 heavy (non-hydrogen) atoms. The lowest BCUT2D eigenvalue weighted by atomic mass is 9.95. The lowest BCUT2D eigenvalue weighted by Gasteiger charge is -2.28. The zero-order chi connectivity index (χ0) is 22.7. The Balaban J connectivity index is 1.39. The van der Waals surface area contributed by atoms with Crippen molar-refractivity contribution in [2.24, 2.45) is 10.2 Å². The molecule has 0 bridgehead atoms. The van der Waals surface area contributed by atoms with Crippen LogP contribution in [0.2, 0.25) is 0 Å². The normalized spacial score (nSPS) is 21.3. The molecule has 0 unspecified atom stereocenters. The highest BCUT2D eigenvalue weighted by atomic mass is 16.5. The molecule has 2 heterocycles. The molecule has 6 rings (SSSR count). The summed E-state index contributed by atoms with van der Waals surface area (Å²) in [6.45, 7) is 0. The molecule has 0 radical (unpaired) electrons. The maximum atomic E-state index is 6.32. The maximum Gasteiger partial charge on any atom is 0.129 e. The van der Waals surface area contributed by atoms with Gasteiger partial charge in [0.25, 0.3) is 0 Å². The fourth-order valence-electron chi connectivity index (χ4n) is 4.59. The van der Waals surface area contributed by atoms with E-state index in [1.54, 1.807) is 0 Å². The van der Waals surface area contributed by atoms with Crippen molar-refractivity contribution in [3.8, 4) is 11.5 Å². The average Bonchev–Trinajstić information content (AvgIpc) is 2.92. The van der Waals surface area contributed by atoms with Crippen molar-refractivity contribution < 1.29 is 9.47 Å². The molecular weight excluding hydrogens is 420 g/mol. The zero-order valence-electron chi connectivity index (χ0n) is 18.7. The molecule has 0 spiro atoms. The van der Waals surface area contributed by atoms with E-state index >= 15 is 0 Å². The number of ether oxygens (including phenoxy) is 2. The van der Waals surface area contributed by atoms with Crippen LogP contribution in [0.25, 0.3) is 0 Å². The molecule has 4 aromatic rings. The lowest BCUT2D eigenvalue weighted by Crippen LogP contribution is -2.22. The molecule has 4 heteroatoms. The van der Waals surface area contributed by atoms with Crippen molar-refractivity contribution in [2.45, 2.75) is 25.0 Å². The van der Waals surface area contributed by atoms with E-state index in [9.17, 15) is 0 Å². The summed E-state index contributed by atoms with van der Waals surface area (Å²) < 4.78 is 12.6. The van der Waals surface area contributed by atoms with Gasteiger partial charge in [0.2, 0.25) is 0 Å². The highest BCUT2D eigenvalue weighted by Gasteiger charge is 2.28. The second-order valence-corrected chi connectivity index (χ2v) is 8.53. The molecular formula is C30H24N2O2. The Bertz CT molecular complexity index is 1260. The van der Waals surface area contributed by atoms with Crippen LogP contribution in [0.4, 0.5) is 0 Å². The molecule has 0 N–H and O–H groups in total. The molecule has 0 saturated heterocycles. The molecule has 2 aliphatic rings. The Morgan fingerprint density at radius 2 is 0.853 bits per heavy atom. The summed E-state index contributed by atoms with van der Waals surface area (Å²) in [5, 5.41) is 9.64. The second-order valence-electron chi connectivity index (χ2n) is 8.53. The van der Waals surface area contributed by atoms with E-state index in [0.717, 1.165) is 45.2 Å². The first-order valence-corrected chi connectivity index (χ1v) is 11.6. The number of fused-ring (bicyclic) bond motifs is 2. The Hall–Kier alpha value is -4.18. The summed E-state index contributed by atoms with van der Waals surface area (Å²) in [5.41, 5.74) is 6.14. The van der Waals surface area contributed by atoms with Crippen LogP contribution in [0.3, 0.4) is 0 Å². The van der Waals surface area contributed by atoms with E-state index in [1.807, 2.05) is 72.8 Å². The van der Waals surface area contributed by atoms with Gasteiger partial charge < -0.3 is 9.47 Å². The van der Waals surface area contributed by atoms with Crippen LogP contribution >= 0.6 is 0 Å². The number of benzene rings is 4. The molecule has 2 atom stereocenters. The van der Waals surface area contributed by atoms with Gasteiger partial charge in [-0.3, -0.25) is 0 Å². The molecule has 4 aromatic carbocycles.